The van der Waals surface area contributed by atoms with Crippen LogP contribution in [-0.2, 0) is 9.16 Å². The number of hydrogen-bond acceptors (Lipinski definition) is 6. The summed E-state index contributed by atoms with van der Waals surface area (Å²) in [6.45, 7) is 19.0. The van der Waals surface area contributed by atoms with Gasteiger partial charge in [-0.1, -0.05) is 56.1 Å². The zero-order valence-electron chi connectivity index (χ0n) is 22.8. The SMILES string of the molecule is Cc1c(Cl)nc(-c2cccc(OC[C@@H](CCOC(=O)NC(C)(C)C)O[Si](C)(C)C(C)(C)C)c2)nc1Cl. The Morgan fingerprint density at radius 2 is 1.69 bits per heavy atom. The van der Waals surface area contributed by atoms with Crippen LogP contribution in [0.2, 0.25) is 28.4 Å². The predicted molar refractivity (Wildman–Crippen MR) is 149 cm³/mol. The Hall–Kier alpha value is -1.87. The molecule has 0 spiro atoms. The molecular formula is C26H39Cl2N3O4Si. The molecule has 1 aromatic heterocycles. The van der Waals surface area contributed by atoms with Gasteiger partial charge < -0.3 is 19.2 Å². The number of rotatable bonds is 9. The van der Waals surface area contributed by atoms with Gasteiger partial charge in [-0.3, -0.25) is 0 Å². The number of amides is 1. The number of carbonyl (C=O) groups excluding carboxylic acids is 1. The largest absolute Gasteiger partial charge is 0.491 e. The maximum absolute atomic E-state index is 12.1. The molecule has 0 saturated heterocycles. The van der Waals surface area contributed by atoms with Crippen LogP contribution in [0.1, 0.15) is 53.5 Å². The molecule has 2 aromatic rings. The number of hydrogen-bond donors (Lipinski definition) is 1. The summed E-state index contributed by atoms with van der Waals surface area (Å²) in [7, 11) is -2.09. The van der Waals surface area contributed by atoms with Gasteiger partial charge >= 0.3 is 6.09 Å². The molecule has 7 nitrogen and oxygen atoms in total. The molecule has 0 unspecified atom stereocenters. The van der Waals surface area contributed by atoms with Crippen LogP contribution in [-0.4, -0.2) is 49.2 Å². The molecule has 0 bridgehead atoms. The van der Waals surface area contributed by atoms with E-state index in [0.717, 1.165) is 5.56 Å². The molecule has 0 fully saturated rings. The fraction of sp³-hybridized carbons (Fsp3) is 0.577. The lowest BCUT2D eigenvalue weighted by Crippen LogP contribution is -2.46. The van der Waals surface area contributed by atoms with Gasteiger partial charge in [0.25, 0.3) is 0 Å². The lowest BCUT2D eigenvalue weighted by atomic mass is 10.1. The highest BCUT2D eigenvalue weighted by Crippen LogP contribution is 2.37. The lowest BCUT2D eigenvalue weighted by Gasteiger charge is -2.39. The second-order valence-corrected chi connectivity index (χ2v) is 16.9. The third-order valence-corrected chi connectivity index (χ3v) is 11.2. The van der Waals surface area contributed by atoms with Crippen molar-refractivity contribution < 1.29 is 18.7 Å². The fourth-order valence-corrected chi connectivity index (χ4v) is 4.66. The van der Waals surface area contributed by atoms with E-state index in [-0.39, 0.29) is 23.3 Å². The van der Waals surface area contributed by atoms with Gasteiger partial charge in [0.05, 0.1) is 12.7 Å². The Morgan fingerprint density at radius 3 is 2.25 bits per heavy atom. The molecule has 1 heterocycles. The second-order valence-electron chi connectivity index (χ2n) is 11.4. The van der Waals surface area contributed by atoms with Gasteiger partial charge in [0.15, 0.2) is 14.1 Å². The zero-order chi connectivity index (χ0) is 27.3. The minimum absolute atomic E-state index is 0.0248. The van der Waals surface area contributed by atoms with Crippen molar-refractivity contribution in [1.29, 1.82) is 0 Å². The van der Waals surface area contributed by atoms with Gasteiger partial charge in [-0.25, -0.2) is 14.8 Å². The van der Waals surface area contributed by atoms with Crippen LogP contribution in [0, 0.1) is 6.92 Å². The topological polar surface area (TPSA) is 82.6 Å². The molecule has 1 aromatic carbocycles. The van der Waals surface area contributed by atoms with Crippen molar-refractivity contribution in [2.45, 2.75) is 84.7 Å². The minimum atomic E-state index is -2.09. The van der Waals surface area contributed by atoms with E-state index in [1.165, 1.54) is 0 Å². The Labute approximate surface area is 226 Å². The summed E-state index contributed by atoms with van der Waals surface area (Å²) in [5, 5.41) is 3.45. The molecule has 0 aliphatic rings. The highest BCUT2D eigenvalue weighted by atomic mass is 35.5. The predicted octanol–water partition coefficient (Wildman–Crippen LogP) is 7.44. The Morgan fingerprint density at radius 1 is 1.08 bits per heavy atom. The summed E-state index contributed by atoms with van der Waals surface area (Å²) in [5.41, 5.74) is 1.01. The van der Waals surface area contributed by atoms with Crippen molar-refractivity contribution in [3.05, 3.63) is 40.1 Å². The number of carbonyl (C=O) groups is 1. The molecule has 36 heavy (non-hydrogen) atoms. The molecule has 1 amide bonds. The van der Waals surface area contributed by atoms with Crippen LogP contribution < -0.4 is 10.1 Å². The van der Waals surface area contributed by atoms with Gasteiger partial charge in [0, 0.05) is 23.1 Å². The van der Waals surface area contributed by atoms with E-state index in [2.05, 4.69) is 49.1 Å². The first-order chi connectivity index (χ1) is 16.5. The monoisotopic (exact) mass is 555 g/mol. The normalized spacial score (nSPS) is 13.3. The van der Waals surface area contributed by atoms with Crippen LogP contribution in [0.5, 0.6) is 5.75 Å². The maximum Gasteiger partial charge on any atom is 0.407 e. The van der Waals surface area contributed by atoms with Gasteiger partial charge in [-0.15, -0.1) is 0 Å². The second kappa shape index (κ2) is 12.1. The number of aromatic nitrogens is 2. The van der Waals surface area contributed by atoms with Gasteiger partial charge in [-0.2, -0.15) is 0 Å². The van der Waals surface area contributed by atoms with Crippen LogP contribution in [0.4, 0.5) is 4.79 Å². The quantitative estimate of drug-likeness (QED) is 0.255. The standard InChI is InChI=1S/C26H39Cl2N3O4Si/c1-17-21(27)29-23(30-22(17)28)18-11-10-12-19(15-18)34-16-20(35-36(8,9)26(5,6)7)13-14-33-24(32)31-25(2,3)4/h10-12,15,20H,13-14,16H2,1-9H3,(H,31,32)/t20-/m1/s1. The molecule has 2 rings (SSSR count). The van der Waals surface area contributed by atoms with E-state index in [1.807, 2.05) is 45.0 Å². The number of alkyl carbamates (subject to hydrolysis) is 1. The average molecular weight is 557 g/mol. The van der Waals surface area contributed by atoms with Crippen molar-refractivity contribution in [2.24, 2.45) is 0 Å². The molecule has 200 valence electrons. The zero-order valence-corrected chi connectivity index (χ0v) is 25.3. The Balaban J connectivity index is 2.13. The Bertz CT molecular complexity index is 1030. The summed E-state index contributed by atoms with van der Waals surface area (Å²) < 4.78 is 18.1. The van der Waals surface area contributed by atoms with Crippen LogP contribution in [0.3, 0.4) is 0 Å². The number of nitrogens with one attached hydrogen (secondary N) is 1. The highest BCUT2D eigenvalue weighted by Gasteiger charge is 2.39. The molecule has 0 radical (unpaired) electrons. The highest BCUT2D eigenvalue weighted by molar-refractivity contribution is 6.74. The van der Waals surface area contributed by atoms with Crippen molar-refractivity contribution in [2.75, 3.05) is 13.2 Å². The van der Waals surface area contributed by atoms with Crippen molar-refractivity contribution in [3.63, 3.8) is 0 Å². The molecular weight excluding hydrogens is 517 g/mol. The van der Waals surface area contributed by atoms with Crippen LogP contribution >= 0.6 is 23.2 Å². The summed E-state index contributed by atoms with van der Waals surface area (Å²) in [6.07, 6.45) is -0.190. The maximum atomic E-state index is 12.1. The number of benzene rings is 1. The van der Waals surface area contributed by atoms with E-state index in [4.69, 9.17) is 37.1 Å². The van der Waals surface area contributed by atoms with Crippen LogP contribution in [0.25, 0.3) is 11.4 Å². The molecule has 1 atom stereocenters. The van der Waals surface area contributed by atoms with Crippen LogP contribution in [0.15, 0.2) is 24.3 Å². The van der Waals surface area contributed by atoms with Crippen molar-refractivity contribution in [3.8, 4) is 17.1 Å². The first-order valence-corrected chi connectivity index (χ1v) is 15.7. The summed E-state index contributed by atoms with van der Waals surface area (Å²) >= 11 is 12.4. The average Bonchev–Trinajstić information content (AvgIpc) is 2.73. The summed E-state index contributed by atoms with van der Waals surface area (Å²) in [4.78, 5) is 20.8. The molecule has 1 N–H and O–H groups in total. The Kier molecular flexibility index (Phi) is 10.2. The van der Waals surface area contributed by atoms with Crippen molar-refractivity contribution in [1.82, 2.24) is 15.3 Å². The smallest absolute Gasteiger partial charge is 0.407 e. The summed E-state index contributed by atoms with van der Waals surface area (Å²) in [5.74, 6) is 1.06. The minimum Gasteiger partial charge on any atom is -0.491 e. The van der Waals surface area contributed by atoms with Gasteiger partial charge in [0.2, 0.25) is 0 Å². The first kappa shape index (κ1) is 30.4. The number of ether oxygens (including phenoxy) is 2. The molecule has 0 aliphatic carbocycles. The lowest BCUT2D eigenvalue weighted by molar-refractivity contribution is 0.0766. The van der Waals surface area contributed by atoms with E-state index in [1.54, 1.807) is 6.92 Å². The van der Waals surface area contributed by atoms with Crippen molar-refractivity contribution >= 4 is 37.6 Å². The molecule has 10 heteroatoms. The third kappa shape index (κ3) is 9.21. The number of nitrogens with zero attached hydrogens (tertiary/aromatic N) is 2. The van der Waals surface area contributed by atoms with E-state index in [9.17, 15) is 4.79 Å². The molecule has 0 aliphatic heterocycles. The fourth-order valence-electron chi connectivity index (χ4n) is 2.90. The van der Waals surface area contributed by atoms with Gasteiger partial charge in [-0.05, 0) is 58.0 Å². The first-order valence-electron chi connectivity index (χ1n) is 12.0. The van der Waals surface area contributed by atoms with E-state index in [0.29, 0.717) is 40.5 Å². The number of halogens is 2. The van der Waals surface area contributed by atoms with Gasteiger partial charge in [0.1, 0.15) is 22.7 Å². The van der Waals surface area contributed by atoms with E-state index >= 15 is 0 Å². The van der Waals surface area contributed by atoms with E-state index < -0.39 is 14.4 Å². The third-order valence-electron chi connectivity index (χ3n) is 5.97. The molecule has 0 saturated carbocycles. The summed E-state index contributed by atoms with van der Waals surface area (Å²) in [6, 6.07) is 7.43.